The Balaban J connectivity index is 2.24. The van der Waals surface area contributed by atoms with Crippen molar-refractivity contribution >= 4 is 23.1 Å². The molecule has 2 rings (SSSR count). The van der Waals surface area contributed by atoms with Crippen LogP contribution in [0.4, 0.5) is 0 Å². The first-order valence-electron chi connectivity index (χ1n) is 5.47. The van der Waals surface area contributed by atoms with Crippen molar-refractivity contribution in [2.24, 2.45) is 0 Å². The number of nitrogens with one attached hydrogen (secondary N) is 1. The van der Waals surface area contributed by atoms with E-state index in [-0.39, 0.29) is 0 Å². The summed E-state index contributed by atoms with van der Waals surface area (Å²) in [5.74, 6) is 0. The van der Waals surface area contributed by atoms with E-state index in [1.807, 2.05) is 24.3 Å². The molecule has 0 aliphatic carbocycles. The molecule has 1 aromatic carbocycles. The molecule has 0 saturated carbocycles. The molecule has 0 unspecified atom stereocenters. The third kappa shape index (κ3) is 3.25. The fourth-order valence-electron chi connectivity index (χ4n) is 1.48. The lowest BCUT2D eigenvalue weighted by Crippen LogP contribution is -2.21. The minimum Gasteiger partial charge on any atom is -0.310 e. The normalized spacial score (nSPS) is 11.1. The number of benzene rings is 1. The number of rotatable bonds is 4. The Morgan fingerprint density at radius 1 is 1.41 bits per heavy atom. The Labute approximate surface area is 110 Å². The first kappa shape index (κ1) is 12.5. The molecule has 0 fully saturated rings. The zero-order chi connectivity index (χ0) is 12.3. The largest absolute Gasteiger partial charge is 0.310 e. The number of aromatic nitrogens is 2. The van der Waals surface area contributed by atoms with Crippen LogP contribution in [0.1, 0.15) is 18.7 Å². The molecule has 0 aliphatic rings. The zero-order valence-corrected chi connectivity index (χ0v) is 11.3. The summed E-state index contributed by atoms with van der Waals surface area (Å²) < 4.78 is 4.01. The monoisotopic (exact) mass is 267 g/mol. The van der Waals surface area contributed by atoms with Crippen LogP contribution in [0.3, 0.4) is 0 Å². The second-order valence-electron chi connectivity index (χ2n) is 4.09. The number of hydrogen-bond donors (Lipinski definition) is 1. The van der Waals surface area contributed by atoms with Crippen LogP contribution < -0.4 is 5.32 Å². The summed E-state index contributed by atoms with van der Waals surface area (Å²) in [7, 11) is 0. The van der Waals surface area contributed by atoms with Gasteiger partial charge in [0.15, 0.2) is 0 Å². The van der Waals surface area contributed by atoms with Crippen LogP contribution in [-0.4, -0.2) is 15.6 Å². The molecular weight excluding hydrogens is 254 g/mol. The highest BCUT2D eigenvalue weighted by Gasteiger charge is 2.10. The van der Waals surface area contributed by atoms with Crippen molar-refractivity contribution in [3.8, 4) is 11.3 Å². The summed E-state index contributed by atoms with van der Waals surface area (Å²) in [4.78, 5) is 1.14. The lowest BCUT2D eigenvalue weighted by atomic mass is 10.1. The van der Waals surface area contributed by atoms with E-state index < -0.39 is 0 Å². The highest BCUT2D eigenvalue weighted by molar-refractivity contribution is 7.05. The molecule has 0 atom stereocenters. The van der Waals surface area contributed by atoms with Crippen molar-refractivity contribution in [1.82, 2.24) is 14.9 Å². The Morgan fingerprint density at radius 3 is 2.94 bits per heavy atom. The standard InChI is InChI=1S/C12H14ClN3S/c1-8(2)14-7-11-12(15-16-17-11)9-4-3-5-10(13)6-9/h3-6,8,14H,7H2,1-2H3. The SMILES string of the molecule is CC(C)NCc1snnc1-c1cccc(Cl)c1. The maximum atomic E-state index is 5.98. The zero-order valence-electron chi connectivity index (χ0n) is 9.77. The molecule has 1 aromatic heterocycles. The van der Waals surface area contributed by atoms with Crippen molar-refractivity contribution in [1.29, 1.82) is 0 Å². The third-order valence-corrected chi connectivity index (χ3v) is 3.28. The average Bonchev–Trinajstić information content (AvgIpc) is 2.74. The maximum Gasteiger partial charge on any atom is 0.110 e. The van der Waals surface area contributed by atoms with Crippen molar-refractivity contribution in [2.45, 2.75) is 26.4 Å². The second kappa shape index (κ2) is 5.58. The van der Waals surface area contributed by atoms with Crippen molar-refractivity contribution in [2.75, 3.05) is 0 Å². The molecule has 0 radical (unpaired) electrons. The van der Waals surface area contributed by atoms with Gasteiger partial charge in [0.25, 0.3) is 0 Å². The smallest absolute Gasteiger partial charge is 0.110 e. The molecule has 17 heavy (non-hydrogen) atoms. The van der Waals surface area contributed by atoms with E-state index in [0.717, 1.165) is 27.7 Å². The van der Waals surface area contributed by atoms with Gasteiger partial charge < -0.3 is 5.32 Å². The first-order chi connectivity index (χ1) is 8.16. The summed E-state index contributed by atoms with van der Waals surface area (Å²) >= 11 is 7.41. The van der Waals surface area contributed by atoms with E-state index in [9.17, 15) is 0 Å². The Hall–Kier alpha value is -0.970. The number of nitrogens with zero attached hydrogens (tertiary/aromatic N) is 2. The predicted molar refractivity (Wildman–Crippen MR) is 72.3 cm³/mol. The van der Waals surface area contributed by atoms with E-state index in [1.54, 1.807) is 0 Å². The molecule has 0 bridgehead atoms. The fourth-order valence-corrected chi connectivity index (χ4v) is 2.28. The summed E-state index contributed by atoms with van der Waals surface area (Å²) in [6.45, 7) is 5.03. The fraction of sp³-hybridized carbons (Fsp3) is 0.333. The predicted octanol–water partition coefficient (Wildman–Crippen LogP) is 3.36. The summed E-state index contributed by atoms with van der Waals surface area (Å²) in [6, 6.07) is 8.15. The van der Waals surface area contributed by atoms with Gasteiger partial charge in [-0.05, 0) is 23.7 Å². The van der Waals surface area contributed by atoms with E-state index >= 15 is 0 Å². The van der Waals surface area contributed by atoms with Gasteiger partial charge in [0.1, 0.15) is 5.69 Å². The van der Waals surface area contributed by atoms with Gasteiger partial charge in [-0.2, -0.15) is 0 Å². The van der Waals surface area contributed by atoms with Crippen LogP contribution in [0.25, 0.3) is 11.3 Å². The van der Waals surface area contributed by atoms with Gasteiger partial charge in [0.05, 0.1) is 4.88 Å². The minimum atomic E-state index is 0.448. The van der Waals surface area contributed by atoms with E-state index in [2.05, 4.69) is 28.8 Å². The molecule has 3 nitrogen and oxygen atoms in total. The van der Waals surface area contributed by atoms with Gasteiger partial charge in [0, 0.05) is 23.2 Å². The van der Waals surface area contributed by atoms with Crippen LogP contribution >= 0.6 is 23.1 Å². The van der Waals surface area contributed by atoms with Gasteiger partial charge >= 0.3 is 0 Å². The Kier molecular flexibility index (Phi) is 4.10. The van der Waals surface area contributed by atoms with Gasteiger partial charge in [-0.3, -0.25) is 0 Å². The molecule has 1 N–H and O–H groups in total. The van der Waals surface area contributed by atoms with Gasteiger partial charge in [-0.15, -0.1) is 5.10 Å². The molecular formula is C12H14ClN3S. The van der Waals surface area contributed by atoms with Crippen LogP contribution in [0.15, 0.2) is 24.3 Å². The summed E-state index contributed by atoms with van der Waals surface area (Å²) in [5, 5.41) is 8.27. The van der Waals surface area contributed by atoms with Crippen LogP contribution in [0.2, 0.25) is 5.02 Å². The summed E-state index contributed by atoms with van der Waals surface area (Å²) in [5.41, 5.74) is 1.94. The average molecular weight is 268 g/mol. The van der Waals surface area contributed by atoms with E-state index in [1.165, 1.54) is 11.5 Å². The van der Waals surface area contributed by atoms with Crippen molar-refractivity contribution in [3.63, 3.8) is 0 Å². The molecule has 0 amide bonds. The van der Waals surface area contributed by atoms with Gasteiger partial charge in [-0.1, -0.05) is 42.1 Å². The third-order valence-electron chi connectivity index (χ3n) is 2.32. The maximum absolute atomic E-state index is 5.98. The van der Waals surface area contributed by atoms with Gasteiger partial charge in [-0.25, -0.2) is 0 Å². The van der Waals surface area contributed by atoms with Crippen LogP contribution in [-0.2, 0) is 6.54 Å². The molecule has 0 aliphatic heterocycles. The number of hydrogen-bond acceptors (Lipinski definition) is 4. The lowest BCUT2D eigenvalue weighted by molar-refractivity contribution is 0.593. The van der Waals surface area contributed by atoms with E-state index in [0.29, 0.717) is 6.04 Å². The summed E-state index contributed by atoms with van der Waals surface area (Å²) in [6.07, 6.45) is 0. The Morgan fingerprint density at radius 2 is 2.24 bits per heavy atom. The minimum absolute atomic E-state index is 0.448. The topological polar surface area (TPSA) is 37.8 Å². The Bertz CT molecular complexity index is 496. The van der Waals surface area contributed by atoms with Crippen molar-refractivity contribution in [3.05, 3.63) is 34.2 Å². The first-order valence-corrected chi connectivity index (χ1v) is 6.62. The van der Waals surface area contributed by atoms with Crippen LogP contribution in [0.5, 0.6) is 0 Å². The molecule has 0 spiro atoms. The lowest BCUT2D eigenvalue weighted by Gasteiger charge is -2.07. The molecule has 5 heteroatoms. The number of halogens is 1. The molecule has 1 heterocycles. The second-order valence-corrected chi connectivity index (χ2v) is 5.37. The highest BCUT2D eigenvalue weighted by Crippen LogP contribution is 2.25. The van der Waals surface area contributed by atoms with Gasteiger partial charge in [0.2, 0.25) is 0 Å². The highest BCUT2D eigenvalue weighted by atomic mass is 35.5. The van der Waals surface area contributed by atoms with E-state index in [4.69, 9.17) is 11.6 Å². The molecule has 90 valence electrons. The van der Waals surface area contributed by atoms with Crippen molar-refractivity contribution < 1.29 is 0 Å². The molecule has 2 aromatic rings. The quantitative estimate of drug-likeness (QED) is 0.923. The molecule has 0 saturated heterocycles. The van der Waals surface area contributed by atoms with Crippen LogP contribution in [0, 0.1) is 0 Å².